The predicted molar refractivity (Wildman–Crippen MR) is 80.9 cm³/mol. The average molecular weight is 284 g/mol. The second-order valence-electron chi connectivity index (χ2n) is 4.92. The van der Waals surface area contributed by atoms with E-state index < -0.39 is 0 Å². The zero-order valence-electron chi connectivity index (χ0n) is 12.3. The number of hydrogen-bond donors (Lipinski definition) is 1. The Morgan fingerprint density at radius 3 is 2.43 bits per heavy atom. The van der Waals surface area contributed by atoms with Crippen molar-refractivity contribution in [1.29, 1.82) is 5.26 Å². The summed E-state index contributed by atoms with van der Waals surface area (Å²) in [4.78, 5) is 0. The van der Waals surface area contributed by atoms with Crippen LogP contribution >= 0.6 is 0 Å². The molecule has 0 atom stereocenters. The first-order valence-electron chi connectivity index (χ1n) is 6.62. The molecule has 4 heteroatoms. The molecule has 2 aromatic rings. The van der Waals surface area contributed by atoms with Crippen LogP contribution in [0.2, 0.25) is 0 Å². The van der Waals surface area contributed by atoms with Crippen molar-refractivity contribution in [1.82, 2.24) is 0 Å². The third-order valence-electron chi connectivity index (χ3n) is 3.33. The van der Waals surface area contributed by atoms with Crippen LogP contribution in [0.1, 0.15) is 22.3 Å². The van der Waals surface area contributed by atoms with Gasteiger partial charge in [0.2, 0.25) is 0 Å². The van der Waals surface area contributed by atoms with Gasteiger partial charge in [-0.1, -0.05) is 12.1 Å². The zero-order valence-corrected chi connectivity index (χ0v) is 12.3. The number of benzene rings is 2. The van der Waals surface area contributed by atoms with Crippen molar-refractivity contribution in [2.24, 2.45) is 0 Å². The van der Waals surface area contributed by atoms with Gasteiger partial charge in [0.15, 0.2) is 0 Å². The van der Waals surface area contributed by atoms with E-state index in [1.165, 1.54) is 0 Å². The molecule has 108 valence electrons. The molecule has 0 bridgehead atoms. The van der Waals surface area contributed by atoms with Crippen molar-refractivity contribution in [3.05, 3.63) is 58.4 Å². The number of nitriles is 1. The second-order valence-corrected chi connectivity index (χ2v) is 4.92. The summed E-state index contributed by atoms with van der Waals surface area (Å²) in [7, 11) is 1.58. The first-order chi connectivity index (χ1) is 10.0. The smallest absolute Gasteiger partial charge is 0.129 e. The van der Waals surface area contributed by atoms with E-state index in [4.69, 9.17) is 10.00 Å². The van der Waals surface area contributed by atoms with Crippen LogP contribution in [0.4, 0.5) is 10.1 Å². The molecule has 0 aromatic heterocycles. The lowest BCUT2D eigenvalue weighted by atomic mass is 10.1. The summed E-state index contributed by atoms with van der Waals surface area (Å²) < 4.78 is 18.8. The van der Waals surface area contributed by atoms with Gasteiger partial charge in [0.05, 0.1) is 18.4 Å². The summed E-state index contributed by atoms with van der Waals surface area (Å²) in [5.41, 5.74) is 3.47. The fourth-order valence-corrected chi connectivity index (χ4v) is 2.23. The molecule has 0 aliphatic carbocycles. The standard InChI is InChI=1S/C17H17FN2O/c1-11-6-13(7-12(2)17(11)18)10-20-16-8-15(21-3)5-4-14(16)9-19/h4-8,20H,10H2,1-3H3. The lowest BCUT2D eigenvalue weighted by Gasteiger charge is -2.11. The van der Waals surface area contributed by atoms with Crippen molar-refractivity contribution >= 4 is 5.69 Å². The van der Waals surface area contributed by atoms with Crippen molar-refractivity contribution in [3.63, 3.8) is 0 Å². The maximum absolute atomic E-state index is 13.6. The van der Waals surface area contributed by atoms with Crippen LogP contribution in [-0.4, -0.2) is 7.11 Å². The number of ether oxygens (including phenoxy) is 1. The molecular formula is C17H17FN2O. The summed E-state index contributed by atoms with van der Waals surface area (Å²) in [6, 6.07) is 11.0. The Bertz CT molecular complexity index is 681. The number of rotatable bonds is 4. The molecule has 0 fully saturated rings. The van der Waals surface area contributed by atoms with Crippen LogP contribution in [0.15, 0.2) is 30.3 Å². The van der Waals surface area contributed by atoms with Gasteiger partial charge >= 0.3 is 0 Å². The predicted octanol–water partition coefficient (Wildman–Crippen LogP) is 3.93. The third-order valence-corrected chi connectivity index (χ3v) is 3.33. The minimum absolute atomic E-state index is 0.169. The summed E-state index contributed by atoms with van der Waals surface area (Å²) in [6.07, 6.45) is 0. The number of aryl methyl sites for hydroxylation is 2. The van der Waals surface area contributed by atoms with Crippen LogP contribution in [-0.2, 0) is 6.54 Å². The van der Waals surface area contributed by atoms with Crippen LogP contribution in [0.25, 0.3) is 0 Å². The normalized spacial score (nSPS) is 10.0. The molecule has 0 saturated carbocycles. The highest BCUT2D eigenvalue weighted by molar-refractivity contribution is 5.60. The molecular weight excluding hydrogens is 267 g/mol. The van der Waals surface area contributed by atoms with E-state index in [-0.39, 0.29) is 5.82 Å². The van der Waals surface area contributed by atoms with Crippen molar-refractivity contribution in [2.75, 3.05) is 12.4 Å². The Hall–Kier alpha value is -2.54. The van der Waals surface area contributed by atoms with E-state index in [0.29, 0.717) is 34.7 Å². The van der Waals surface area contributed by atoms with E-state index in [1.54, 1.807) is 39.2 Å². The molecule has 2 aromatic carbocycles. The fraction of sp³-hybridized carbons (Fsp3) is 0.235. The third kappa shape index (κ3) is 3.32. The summed E-state index contributed by atoms with van der Waals surface area (Å²) in [5.74, 6) is 0.515. The van der Waals surface area contributed by atoms with Crippen LogP contribution < -0.4 is 10.1 Å². The van der Waals surface area contributed by atoms with Crippen LogP contribution in [0.5, 0.6) is 5.75 Å². The average Bonchev–Trinajstić information content (AvgIpc) is 2.50. The summed E-state index contributed by atoms with van der Waals surface area (Å²) in [6.45, 7) is 4.01. The molecule has 0 aliphatic rings. The highest BCUT2D eigenvalue weighted by atomic mass is 19.1. The number of hydrogen-bond acceptors (Lipinski definition) is 3. The Labute approximate surface area is 124 Å². The number of methoxy groups -OCH3 is 1. The van der Waals surface area contributed by atoms with Gasteiger partial charge in [-0.3, -0.25) is 0 Å². The lowest BCUT2D eigenvalue weighted by Crippen LogP contribution is -2.03. The van der Waals surface area contributed by atoms with Gasteiger partial charge in [-0.2, -0.15) is 5.26 Å². The van der Waals surface area contributed by atoms with E-state index in [1.807, 2.05) is 12.1 Å². The highest BCUT2D eigenvalue weighted by Gasteiger charge is 2.07. The Morgan fingerprint density at radius 2 is 1.86 bits per heavy atom. The molecule has 0 radical (unpaired) electrons. The monoisotopic (exact) mass is 284 g/mol. The number of anilines is 1. The molecule has 0 unspecified atom stereocenters. The van der Waals surface area contributed by atoms with Gasteiger partial charge < -0.3 is 10.1 Å². The molecule has 3 nitrogen and oxygen atoms in total. The Kier molecular flexibility index (Phi) is 4.44. The lowest BCUT2D eigenvalue weighted by molar-refractivity contribution is 0.415. The molecule has 21 heavy (non-hydrogen) atoms. The van der Waals surface area contributed by atoms with Crippen molar-refractivity contribution in [3.8, 4) is 11.8 Å². The molecule has 0 amide bonds. The molecule has 0 heterocycles. The maximum atomic E-state index is 13.6. The maximum Gasteiger partial charge on any atom is 0.129 e. The van der Waals surface area contributed by atoms with E-state index in [9.17, 15) is 4.39 Å². The molecule has 2 rings (SSSR count). The number of nitrogens with zero attached hydrogens (tertiary/aromatic N) is 1. The summed E-state index contributed by atoms with van der Waals surface area (Å²) in [5, 5.41) is 12.3. The minimum atomic E-state index is -0.169. The quantitative estimate of drug-likeness (QED) is 0.925. The minimum Gasteiger partial charge on any atom is -0.497 e. The van der Waals surface area contributed by atoms with Gasteiger partial charge in [0.25, 0.3) is 0 Å². The van der Waals surface area contributed by atoms with E-state index in [2.05, 4.69) is 11.4 Å². The highest BCUT2D eigenvalue weighted by Crippen LogP contribution is 2.23. The van der Waals surface area contributed by atoms with Crippen LogP contribution in [0.3, 0.4) is 0 Å². The van der Waals surface area contributed by atoms with Gasteiger partial charge in [0.1, 0.15) is 17.6 Å². The van der Waals surface area contributed by atoms with Crippen molar-refractivity contribution in [2.45, 2.75) is 20.4 Å². The second kappa shape index (κ2) is 6.27. The molecule has 1 N–H and O–H groups in total. The van der Waals surface area contributed by atoms with E-state index in [0.717, 1.165) is 5.56 Å². The van der Waals surface area contributed by atoms with Crippen molar-refractivity contribution < 1.29 is 9.13 Å². The first kappa shape index (κ1) is 14.9. The van der Waals surface area contributed by atoms with Gasteiger partial charge in [-0.25, -0.2) is 4.39 Å². The van der Waals surface area contributed by atoms with Gasteiger partial charge in [0, 0.05) is 12.6 Å². The Balaban J connectivity index is 2.22. The van der Waals surface area contributed by atoms with Crippen LogP contribution in [0, 0.1) is 31.0 Å². The molecule has 0 aliphatic heterocycles. The largest absolute Gasteiger partial charge is 0.497 e. The SMILES string of the molecule is COc1ccc(C#N)c(NCc2cc(C)c(F)c(C)c2)c1. The first-order valence-corrected chi connectivity index (χ1v) is 6.62. The topological polar surface area (TPSA) is 45.0 Å². The van der Waals surface area contributed by atoms with Gasteiger partial charge in [-0.15, -0.1) is 0 Å². The zero-order chi connectivity index (χ0) is 15.4. The summed E-state index contributed by atoms with van der Waals surface area (Å²) >= 11 is 0. The number of nitrogens with one attached hydrogen (secondary N) is 1. The molecule has 0 spiro atoms. The fourth-order valence-electron chi connectivity index (χ4n) is 2.23. The van der Waals surface area contributed by atoms with Gasteiger partial charge in [-0.05, 0) is 42.7 Å². The molecule has 0 saturated heterocycles. The van der Waals surface area contributed by atoms with E-state index >= 15 is 0 Å². The Morgan fingerprint density at radius 1 is 1.19 bits per heavy atom. The number of halogens is 1.